The molecule has 0 heterocycles. The highest BCUT2D eigenvalue weighted by atomic mass is 16.5. The Kier molecular flexibility index (Phi) is 3.97. The monoisotopic (exact) mass is 287 g/mol. The molecule has 5 nitrogen and oxygen atoms in total. The first-order valence-corrected chi connectivity index (χ1v) is 6.40. The molecule has 0 bridgehead atoms. The fourth-order valence-electron chi connectivity index (χ4n) is 1.96. The number of hydrogen-bond acceptors (Lipinski definition) is 4. The molecule has 0 saturated heterocycles. The van der Waals surface area contributed by atoms with Crippen molar-refractivity contribution in [3.63, 3.8) is 0 Å². The van der Waals surface area contributed by atoms with Crippen LogP contribution in [0.2, 0.25) is 0 Å². The minimum Gasteiger partial charge on any atom is -0.628 e. The van der Waals surface area contributed by atoms with Crippen molar-refractivity contribution >= 4 is 11.5 Å². The van der Waals surface area contributed by atoms with Gasteiger partial charge in [0, 0.05) is 23.8 Å². The number of carbonyl (C=O) groups excluding carboxylic acids is 1. The third-order valence-corrected chi connectivity index (χ3v) is 3.20. The molecular weight excluding hydrogens is 270 g/mol. The van der Waals surface area contributed by atoms with E-state index in [4.69, 9.17) is 4.74 Å². The number of hydroxylamine groups is 2. The smallest absolute Gasteiger partial charge is 0.196 e. The SMILES string of the molecule is COc1ccc(C(=O)c2ccc([N+](C)(C)[O-])cc2)c(O)c1. The second-order valence-corrected chi connectivity index (χ2v) is 5.11. The molecule has 2 aromatic carbocycles. The zero-order valence-corrected chi connectivity index (χ0v) is 12.2. The molecule has 0 unspecified atom stereocenters. The van der Waals surface area contributed by atoms with E-state index in [-0.39, 0.29) is 17.1 Å². The number of ether oxygens (including phenoxy) is 1. The van der Waals surface area contributed by atoms with Crippen molar-refractivity contribution in [2.24, 2.45) is 0 Å². The van der Waals surface area contributed by atoms with E-state index in [1.165, 1.54) is 33.3 Å². The molecule has 5 heteroatoms. The molecule has 0 atom stereocenters. The molecule has 0 fully saturated rings. The van der Waals surface area contributed by atoms with E-state index in [1.54, 1.807) is 30.3 Å². The summed E-state index contributed by atoms with van der Waals surface area (Å²) >= 11 is 0. The van der Waals surface area contributed by atoms with Gasteiger partial charge in [-0.25, -0.2) is 0 Å². The van der Waals surface area contributed by atoms with Gasteiger partial charge in [-0.1, -0.05) is 0 Å². The van der Waals surface area contributed by atoms with Crippen LogP contribution < -0.4 is 9.38 Å². The molecule has 0 aliphatic carbocycles. The summed E-state index contributed by atoms with van der Waals surface area (Å²) in [6.07, 6.45) is 0. The van der Waals surface area contributed by atoms with E-state index < -0.39 is 4.65 Å². The molecule has 2 aromatic rings. The minimum absolute atomic E-state index is 0.136. The summed E-state index contributed by atoms with van der Waals surface area (Å²) in [5.74, 6) is 0.0334. The van der Waals surface area contributed by atoms with Crippen molar-refractivity contribution in [2.75, 3.05) is 21.2 Å². The number of phenols is 1. The molecule has 110 valence electrons. The number of nitrogens with zero attached hydrogens (tertiary/aromatic N) is 1. The summed E-state index contributed by atoms with van der Waals surface area (Å²) in [5, 5.41) is 21.7. The maximum Gasteiger partial charge on any atom is 0.196 e. The zero-order chi connectivity index (χ0) is 15.6. The normalized spacial score (nSPS) is 11.2. The van der Waals surface area contributed by atoms with Crippen molar-refractivity contribution in [3.05, 3.63) is 58.8 Å². The van der Waals surface area contributed by atoms with Crippen LogP contribution in [0.5, 0.6) is 11.5 Å². The fraction of sp³-hybridized carbons (Fsp3) is 0.188. The highest BCUT2D eigenvalue weighted by molar-refractivity contribution is 6.10. The second-order valence-electron chi connectivity index (χ2n) is 5.11. The van der Waals surface area contributed by atoms with Crippen LogP contribution in [0.4, 0.5) is 5.69 Å². The standard InChI is InChI=1S/C16H17NO4/c1-17(2,20)12-6-4-11(5-7-12)16(19)14-9-8-13(21-3)10-15(14)18/h4-10,18H,1-3H3. The summed E-state index contributed by atoms with van der Waals surface area (Å²) < 4.78 is 4.41. The molecule has 0 spiro atoms. The Balaban J connectivity index is 2.32. The number of quaternary nitrogens is 1. The highest BCUT2D eigenvalue weighted by Crippen LogP contribution is 2.26. The molecule has 0 aromatic heterocycles. The van der Waals surface area contributed by atoms with Crippen LogP contribution in [0.1, 0.15) is 15.9 Å². The number of carbonyl (C=O) groups is 1. The summed E-state index contributed by atoms with van der Waals surface area (Å²) in [6.45, 7) is 0. The van der Waals surface area contributed by atoms with Gasteiger partial charge in [-0.3, -0.25) is 4.79 Å². The van der Waals surface area contributed by atoms with Crippen LogP contribution in [-0.2, 0) is 0 Å². The van der Waals surface area contributed by atoms with Crippen LogP contribution in [-0.4, -0.2) is 32.1 Å². The van der Waals surface area contributed by atoms with E-state index in [0.717, 1.165) is 0 Å². The number of benzene rings is 2. The lowest BCUT2D eigenvalue weighted by Gasteiger charge is -2.33. The van der Waals surface area contributed by atoms with Gasteiger partial charge in [0.25, 0.3) is 0 Å². The van der Waals surface area contributed by atoms with Crippen molar-refractivity contribution < 1.29 is 14.6 Å². The van der Waals surface area contributed by atoms with Crippen LogP contribution >= 0.6 is 0 Å². The molecule has 0 aliphatic rings. The molecule has 2 rings (SSSR count). The van der Waals surface area contributed by atoms with E-state index >= 15 is 0 Å². The van der Waals surface area contributed by atoms with Gasteiger partial charge in [-0.15, -0.1) is 0 Å². The number of methoxy groups -OCH3 is 1. The lowest BCUT2D eigenvalue weighted by atomic mass is 10.0. The molecule has 0 aliphatic heterocycles. The summed E-state index contributed by atoms with van der Waals surface area (Å²) in [4.78, 5) is 12.3. The Labute approximate surface area is 123 Å². The van der Waals surface area contributed by atoms with Crippen LogP contribution in [0.15, 0.2) is 42.5 Å². The Morgan fingerprint density at radius 2 is 1.76 bits per heavy atom. The van der Waals surface area contributed by atoms with Crippen molar-refractivity contribution in [1.82, 2.24) is 4.65 Å². The quantitative estimate of drug-likeness (QED) is 0.533. The molecule has 0 saturated carbocycles. The van der Waals surface area contributed by atoms with Crippen LogP contribution in [0.25, 0.3) is 0 Å². The summed E-state index contributed by atoms with van der Waals surface area (Å²) in [7, 11) is 4.50. The fourth-order valence-corrected chi connectivity index (χ4v) is 1.96. The molecule has 0 radical (unpaired) electrons. The first-order chi connectivity index (χ1) is 9.82. The van der Waals surface area contributed by atoms with Crippen molar-refractivity contribution in [1.29, 1.82) is 0 Å². The average molecular weight is 287 g/mol. The van der Waals surface area contributed by atoms with Gasteiger partial charge in [-0.05, 0) is 24.3 Å². The van der Waals surface area contributed by atoms with Gasteiger partial charge in [0.1, 0.15) is 17.2 Å². The highest BCUT2D eigenvalue weighted by Gasteiger charge is 2.15. The van der Waals surface area contributed by atoms with E-state index in [0.29, 0.717) is 17.0 Å². The van der Waals surface area contributed by atoms with Gasteiger partial charge in [0.2, 0.25) is 0 Å². The Hall–Kier alpha value is -2.37. The topological polar surface area (TPSA) is 69.6 Å². The largest absolute Gasteiger partial charge is 0.628 e. The Morgan fingerprint density at radius 1 is 1.14 bits per heavy atom. The third kappa shape index (κ3) is 3.21. The van der Waals surface area contributed by atoms with Gasteiger partial charge in [0.05, 0.1) is 26.8 Å². The second kappa shape index (κ2) is 5.55. The predicted molar refractivity (Wildman–Crippen MR) is 81.5 cm³/mol. The van der Waals surface area contributed by atoms with E-state index in [1.807, 2.05) is 0 Å². The lowest BCUT2D eigenvalue weighted by Crippen LogP contribution is -2.32. The third-order valence-electron chi connectivity index (χ3n) is 3.20. The number of aromatic hydroxyl groups is 1. The minimum atomic E-state index is -0.567. The van der Waals surface area contributed by atoms with Crippen LogP contribution in [0.3, 0.4) is 0 Å². The number of ketones is 1. The van der Waals surface area contributed by atoms with Crippen molar-refractivity contribution in [2.45, 2.75) is 0 Å². The predicted octanol–water partition coefficient (Wildman–Crippen LogP) is 2.70. The van der Waals surface area contributed by atoms with Gasteiger partial charge >= 0.3 is 0 Å². The zero-order valence-electron chi connectivity index (χ0n) is 12.2. The van der Waals surface area contributed by atoms with E-state index in [2.05, 4.69) is 0 Å². The maximum absolute atomic E-state index is 12.3. The number of hydrogen-bond donors (Lipinski definition) is 1. The number of phenolic OH excluding ortho intramolecular Hbond substituents is 1. The molecule has 21 heavy (non-hydrogen) atoms. The van der Waals surface area contributed by atoms with Gasteiger partial charge < -0.3 is 19.7 Å². The first kappa shape index (κ1) is 15.0. The van der Waals surface area contributed by atoms with Crippen LogP contribution in [0, 0.1) is 5.21 Å². The lowest BCUT2D eigenvalue weighted by molar-refractivity contribution is 0.103. The number of rotatable bonds is 4. The molecule has 0 amide bonds. The summed E-state index contributed by atoms with van der Waals surface area (Å²) in [6, 6.07) is 10.9. The van der Waals surface area contributed by atoms with E-state index in [9.17, 15) is 15.1 Å². The summed E-state index contributed by atoms with van der Waals surface area (Å²) in [5.41, 5.74) is 1.15. The molecule has 1 N–H and O–H groups in total. The molecular formula is C16H17NO4. The maximum atomic E-state index is 12.3. The van der Waals surface area contributed by atoms with Gasteiger partial charge in [0.15, 0.2) is 5.78 Å². The van der Waals surface area contributed by atoms with Gasteiger partial charge in [-0.2, -0.15) is 0 Å². The average Bonchev–Trinajstić information content (AvgIpc) is 2.45. The Bertz CT molecular complexity index is 657. The first-order valence-electron chi connectivity index (χ1n) is 6.40. The van der Waals surface area contributed by atoms with Crippen molar-refractivity contribution in [3.8, 4) is 11.5 Å². The Morgan fingerprint density at radius 3 is 2.24 bits per heavy atom.